The second-order valence-electron chi connectivity index (χ2n) is 5.75. The Bertz CT molecular complexity index is 635. The predicted octanol–water partition coefficient (Wildman–Crippen LogP) is 4.59. The van der Waals surface area contributed by atoms with Gasteiger partial charge in [0.15, 0.2) is 0 Å². The zero-order valence-electron chi connectivity index (χ0n) is 13.4. The maximum atomic E-state index is 11.8. The van der Waals surface area contributed by atoms with E-state index in [4.69, 9.17) is 4.98 Å². The number of aromatic nitrogens is 1. The number of hydrogen-bond acceptors (Lipinski definition) is 2. The Morgan fingerprint density at radius 1 is 1.10 bits per heavy atom. The van der Waals surface area contributed by atoms with Crippen molar-refractivity contribution in [2.45, 2.75) is 47.0 Å². The lowest BCUT2D eigenvalue weighted by atomic mass is 9.96. The molecule has 0 saturated heterocycles. The normalized spacial score (nSPS) is 10.7. The van der Waals surface area contributed by atoms with Crippen LogP contribution in [-0.2, 0) is 11.2 Å². The van der Waals surface area contributed by atoms with Crippen molar-refractivity contribution in [3.05, 3.63) is 52.7 Å². The van der Waals surface area contributed by atoms with Gasteiger partial charge >= 0.3 is 0 Å². The summed E-state index contributed by atoms with van der Waals surface area (Å²) in [5, 5.41) is 0. The fourth-order valence-electron chi connectivity index (χ4n) is 2.87. The third kappa shape index (κ3) is 3.78. The molecular formula is C19H23NO. The van der Waals surface area contributed by atoms with E-state index in [0.717, 1.165) is 17.8 Å². The molecule has 0 aliphatic heterocycles. The van der Waals surface area contributed by atoms with Gasteiger partial charge in [-0.2, -0.15) is 0 Å². The van der Waals surface area contributed by atoms with Gasteiger partial charge < -0.3 is 0 Å². The number of benzene rings is 1. The van der Waals surface area contributed by atoms with E-state index in [0.29, 0.717) is 12.8 Å². The van der Waals surface area contributed by atoms with Gasteiger partial charge in [-0.05, 0) is 50.5 Å². The molecule has 21 heavy (non-hydrogen) atoms. The van der Waals surface area contributed by atoms with Gasteiger partial charge in [0.25, 0.3) is 0 Å². The first kappa shape index (κ1) is 15.4. The SMILES string of the molecule is CCCC(=O)Cc1cccc(-c2c(C)cc(C)cc2C)n1. The van der Waals surface area contributed by atoms with Crippen LogP contribution >= 0.6 is 0 Å². The zero-order chi connectivity index (χ0) is 15.4. The highest BCUT2D eigenvalue weighted by Gasteiger charge is 2.10. The summed E-state index contributed by atoms with van der Waals surface area (Å²) in [6.07, 6.45) is 1.97. The van der Waals surface area contributed by atoms with Gasteiger partial charge in [0.1, 0.15) is 5.78 Å². The molecule has 0 aliphatic carbocycles. The molecule has 0 unspecified atom stereocenters. The quantitative estimate of drug-likeness (QED) is 0.802. The smallest absolute Gasteiger partial charge is 0.138 e. The Kier molecular flexibility index (Phi) is 4.89. The molecule has 2 heteroatoms. The highest BCUT2D eigenvalue weighted by Crippen LogP contribution is 2.27. The van der Waals surface area contributed by atoms with E-state index >= 15 is 0 Å². The van der Waals surface area contributed by atoms with Crippen LogP contribution < -0.4 is 0 Å². The average Bonchev–Trinajstić information content (AvgIpc) is 2.38. The highest BCUT2D eigenvalue weighted by molar-refractivity contribution is 5.80. The molecule has 0 bridgehead atoms. The number of rotatable bonds is 5. The molecule has 1 aromatic carbocycles. The first-order valence-corrected chi connectivity index (χ1v) is 7.57. The van der Waals surface area contributed by atoms with Gasteiger partial charge in [-0.1, -0.05) is 30.7 Å². The van der Waals surface area contributed by atoms with Crippen molar-refractivity contribution in [3.63, 3.8) is 0 Å². The van der Waals surface area contributed by atoms with Crippen LogP contribution in [0.2, 0.25) is 0 Å². The summed E-state index contributed by atoms with van der Waals surface area (Å²) in [5.41, 5.74) is 6.75. The number of pyridine rings is 1. The van der Waals surface area contributed by atoms with Crippen molar-refractivity contribution < 1.29 is 4.79 Å². The predicted molar refractivity (Wildman–Crippen MR) is 87.5 cm³/mol. The second-order valence-corrected chi connectivity index (χ2v) is 5.75. The largest absolute Gasteiger partial charge is 0.299 e. The Labute approximate surface area is 127 Å². The molecule has 0 fully saturated rings. The molecule has 2 nitrogen and oxygen atoms in total. The van der Waals surface area contributed by atoms with Crippen molar-refractivity contribution in [3.8, 4) is 11.3 Å². The molecule has 2 rings (SSSR count). The number of carbonyl (C=O) groups is 1. The van der Waals surface area contributed by atoms with E-state index in [2.05, 4.69) is 32.9 Å². The number of Topliss-reactive ketones (excluding diaryl/α,β-unsaturated/α-hetero) is 1. The van der Waals surface area contributed by atoms with Gasteiger partial charge in [-0.15, -0.1) is 0 Å². The van der Waals surface area contributed by atoms with Gasteiger partial charge in [0.05, 0.1) is 5.69 Å². The number of carbonyl (C=O) groups excluding carboxylic acids is 1. The lowest BCUT2D eigenvalue weighted by Crippen LogP contribution is -2.04. The standard InChI is InChI=1S/C19H23NO/c1-5-7-17(21)12-16-8-6-9-18(20-16)19-14(3)10-13(2)11-15(19)4/h6,8-11H,5,7,12H2,1-4H3. The monoisotopic (exact) mass is 281 g/mol. The Morgan fingerprint density at radius 3 is 2.38 bits per heavy atom. The van der Waals surface area contributed by atoms with Gasteiger partial charge in [-0.25, -0.2) is 0 Å². The molecule has 1 aromatic heterocycles. The van der Waals surface area contributed by atoms with Crippen molar-refractivity contribution in [1.82, 2.24) is 4.98 Å². The number of hydrogen-bond donors (Lipinski definition) is 0. The molecule has 0 aliphatic rings. The van der Waals surface area contributed by atoms with Crippen LogP contribution in [0.25, 0.3) is 11.3 Å². The lowest BCUT2D eigenvalue weighted by molar-refractivity contribution is -0.118. The van der Waals surface area contributed by atoms with E-state index in [1.165, 1.54) is 22.3 Å². The summed E-state index contributed by atoms with van der Waals surface area (Å²) in [5.74, 6) is 0.263. The van der Waals surface area contributed by atoms with Crippen molar-refractivity contribution >= 4 is 5.78 Å². The van der Waals surface area contributed by atoms with Crippen LogP contribution in [0.1, 0.15) is 42.1 Å². The molecule has 0 radical (unpaired) electrons. The summed E-state index contributed by atoms with van der Waals surface area (Å²) in [6, 6.07) is 10.3. The summed E-state index contributed by atoms with van der Waals surface area (Å²) < 4.78 is 0. The summed E-state index contributed by atoms with van der Waals surface area (Å²) in [6.45, 7) is 8.37. The average molecular weight is 281 g/mol. The van der Waals surface area contributed by atoms with Crippen LogP contribution in [0.5, 0.6) is 0 Å². The van der Waals surface area contributed by atoms with E-state index in [9.17, 15) is 4.79 Å². The maximum Gasteiger partial charge on any atom is 0.138 e. The molecule has 0 amide bonds. The van der Waals surface area contributed by atoms with Gasteiger partial charge in [0, 0.05) is 24.1 Å². The van der Waals surface area contributed by atoms with E-state index in [1.54, 1.807) is 0 Å². The van der Waals surface area contributed by atoms with Gasteiger partial charge in [-0.3, -0.25) is 9.78 Å². The molecule has 2 aromatic rings. The minimum atomic E-state index is 0.263. The van der Waals surface area contributed by atoms with E-state index in [1.807, 2.05) is 25.1 Å². The molecule has 110 valence electrons. The summed E-state index contributed by atoms with van der Waals surface area (Å²) >= 11 is 0. The van der Waals surface area contributed by atoms with Crippen LogP contribution in [0.15, 0.2) is 30.3 Å². The Morgan fingerprint density at radius 2 is 1.76 bits per heavy atom. The number of aryl methyl sites for hydroxylation is 3. The topological polar surface area (TPSA) is 30.0 Å². The van der Waals surface area contributed by atoms with E-state index < -0.39 is 0 Å². The molecule has 0 saturated carbocycles. The Hall–Kier alpha value is -1.96. The summed E-state index contributed by atoms with van der Waals surface area (Å²) in [7, 11) is 0. The van der Waals surface area contributed by atoms with Crippen LogP contribution in [0.3, 0.4) is 0 Å². The lowest BCUT2D eigenvalue weighted by Gasteiger charge is -2.12. The molecular weight excluding hydrogens is 258 g/mol. The third-order valence-corrected chi connectivity index (χ3v) is 3.65. The third-order valence-electron chi connectivity index (χ3n) is 3.65. The molecule has 1 heterocycles. The highest BCUT2D eigenvalue weighted by atomic mass is 16.1. The van der Waals surface area contributed by atoms with Crippen molar-refractivity contribution in [1.29, 1.82) is 0 Å². The van der Waals surface area contributed by atoms with Gasteiger partial charge in [0.2, 0.25) is 0 Å². The minimum Gasteiger partial charge on any atom is -0.299 e. The number of ketones is 1. The molecule has 0 spiro atoms. The van der Waals surface area contributed by atoms with Crippen LogP contribution in [0, 0.1) is 20.8 Å². The fourth-order valence-corrected chi connectivity index (χ4v) is 2.87. The van der Waals surface area contributed by atoms with Crippen LogP contribution in [-0.4, -0.2) is 10.8 Å². The van der Waals surface area contributed by atoms with Crippen molar-refractivity contribution in [2.75, 3.05) is 0 Å². The zero-order valence-corrected chi connectivity index (χ0v) is 13.4. The van der Waals surface area contributed by atoms with E-state index in [-0.39, 0.29) is 5.78 Å². The minimum absolute atomic E-state index is 0.263. The van der Waals surface area contributed by atoms with Crippen LogP contribution in [0.4, 0.5) is 0 Å². The molecule has 0 atom stereocenters. The summed E-state index contributed by atoms with van der Waals surface area (Å²) in [4.78, 5) is 16.5. The maximum absolute atomic E-state index is 11.8. The Balaban J connectivity index is 2.36. The first-order valence-electron chi connectivity index (χ1n) is 7.57. The molecule has 0 N–H and O–H groups in total. The first-order chi connectivity index (χ1) is 10.0. The fraction of sp³-hybridized carbons (Fsp3) is 0.368. The second kappa shape index (κ2) is 6.66. The number of nitrogens with zero attached hydrogens (tertiary/aromatic N) is 1. The van der Waals surface area contributed by atoms with Crippen molar-refractivity contribution in [2.24, 2.45) is 0 Å².